The zero-order valence-corrected chi connectivity index (χ0v) is 7.17. The molecule has 0 atom stereocenters. The van der Waals surface area contributed by atoms with E-state index in [9.17, 15) is 18.4 Å². The molecule has 0 spiro atoms. The van der Waals surface area contributed by atoms with E-state index in [1.807, 2.05) is 5.32 Å². The van der Waals surface area contributed by atoms with Crippen LogP contribution in [-0.2, 0) is 9.59 Å². The van der Waals surface area contributed by atoms with Crippen molar-refractivity contribution in [2.24, 2.45) is 5.92 Å². The lowest BCUT2D eigenvalue weighted by Gasteiger charge is -2.06. The molecule has 1 saturated carbocycles. The fourth-order valence-corrected chi connectivity index (χ4v) is 0.877. The number of carboxylic acid groups (broad SMARTS) is 1. The number of aliphatic carboxylic acids is 1. The molecule has 1 aliphatic carbocycles. The molecule has 0 radical (unpaired) electrons. The highest BCUT2D eigenvalue weighted by atomic mass is 19.3. The van der Waals surface area contributed by atoms with E-state index in [-0.39, 0.29) is 5.92 Å². The average Bonchev–Trinajstić information content (AvgIpc) is 2.83. The van der Waals surface area contributed by atoms with Crippen LogP contribution in [0.3, 0.4) is 0 Å². The summed E-state index contributed by atoms with van der Waals surface area (Å²) in [7, 11) is 0. The van der Waals surface area contributed by atoms with Crippen molar-refractivity contribution in [3.05, 3.63) is 11.8 Å². The summed E-state index contributed by atoms with van der Waals surface area (Å²) in [5.41, 5.74) is -0.852. The molecule has 0 unspecified atom stereocenters. The van der Waals surface area contributed by atoms with E-state index in [0.29, 0.717) is 18.9 Å². The van der Waals surface area contributed by atoms with Gasteiger partial charge in [0.1, 0.15) is 0 Å². The van der Waals surface area contributed by atoms with Gasteiger partial charge in [0.05, 0.1) is 5.70 Å². The Morgan fingerprint density at radius 2 is 2.00 bits per heavy atom. The average molecular weight is 205 g/mol. The maximum Gasteiger partial charge on any atom is 0.330 e. The number of hydrogen-bond donors (Lipinski definition) is 2. The molecule has 4 nitrogen and oxygen atoms in total. The van der Waals surface area contributed by atoms with E-state index in [0.717, 1.165) is 0 Å². The Balaban J connectivity index is 2.58. The number of nitrogens with one attached hydrogen (secondary N) is 1. The SMILES string of the molecule is O=C(O)/C=C(/NC(=O)C1CC1)C(F)F. The van der Waals surface area contributed by atoms with Crippen LogP contribution >= 0.6 is 0 Å². The predicted molar refractivity (Wildman–Crippen MR) is 42.6 cm³/mol. The fraction of sp³-hybridized carbons (Fsp3) is 0.500. The molecule has 0 heterocycles. The van der Waals surface area contributed by atoms with E-state index in [2.05, 4.69) is 0 Å². The Morgan fingerprint density at radius 1 is 1.43 bits per heavy atom. The van der Waals surface area contributed by atoms with Crippen LogP contribution in [0.1, 0.15) is 12.8 Å². The van der Waals surface area contributed by atoms with Gasteiger partial charge in [0.25, 0.3) is 6.43 Å². The molecular formula is C8H9F2NO3. The summed E-state index contributed by atoms with van der Waals surface area (Å²) in [6.45, 7) is 0. The molecular weight excluding hydrogens is 196 g/mol. The highest BCUT2D eigenvalue weighted by Gasteiger charge is 2.31. The first-order chi connectivity index (χ1) is 6.50. The topological polar surface area (TPSA) is 66.4 Å². The van der Waals surface area contributed by atoms with Crippen molar-refractivity contribution < 1.29 is 23.5 Å². The normalized spacial score (nSPS) is 16.9. The molecule has 0 saturated heterocycles. The summed E-state index contributed by atoms with van der Waals surface area (Å²) in [5.74, 6) is -2.26. The zero-order chi connectivity index (χ0) is 10.7. The van der Waals surface area contributed by atoms with Gasteiger partial charge in [-0.3, -0.25) is 4.79 Å². The molecule has 1 amide bonds. The molecule has 0 bridgehead atoms. The van der Waals surface area contributed by atoms with Crippen LogP contribution in [0.2, 0.25) is 0 Å². The van der Waals surface area contributed by atoms with Crippen molar-refractivity contribution in [1.29, 1.82) is 0 Å². The second-order valence-corrected chi connectivity index (χ2v) is 3.00. The number of allylic oxidation sites excluding steroid dienone is 1. The Kier molecular flexibility index (Phi) is 3.16. The van der Waals surface area contributed by atoms with Crippen LogP contribution in [-0.4, -0.2) is 23.4 Å². The van der Waals surface area contributed by atoms with Crippen LogP contribution in [0.15, 0.2) is 11.8 Å². The lowest BCUT2D eigenvalue weighted by molar-refractivity contribution is -0.131. The Hall–Kier alpha value is -1.46. The molecule has 78 valence electrons. The molecule has 14 heavy (non-hydrogen) atoms. The highest BCUT2D eigenvalue weighted by Crippen LogP contribution is 2.29. The van der Waals surface area contributed by atoms with Crippen LogP contribution < -0.4 is 5.32 Å². The number of halogens is 2. The summed E-state index contributed by atoms with van der Waals surface area (Å²) in [6.07, 6.45) is -1.32. The molecule has 6 heteroatoms. The Morgan fingerprint density at radius 3 is 2.36 bits per heavy atom. The first-order valence-electron chi connectivity index (χ1n) is 4.04. The summed E-state index contributed by atoms with van der Waals surface area (Å²) in [6, 6.07) is 0. The number of carboxylic acids is 1. The van der Waals surface area contributed by atoms with E-state index in [4.69, 9.17) is 5.11 Å². The minimum atomic E-state index is -2.98. The molecule has 0 aromatic carbocycles. The molecule has 0 aromatic heterocycles. The van der Waals surface area contributed by atoms with Crippen molar-refractivity contribution in [1.82, 2.24) is 5.32 Å². The molecule has 1 fully saturated rings. The van der Waals surface area contributed by atoms with E-state index < -0.39 is 24.0 Å². The number of amides is 1. The number of rotatable bonds is 4. The Bertz CT molecular complexity index is 284. The van der Waals surface area contributed by atoms with Crippen molar-refractivity contribution in [2.75, 3.05) is 0 Å². The zero-order valence-electron chi connectivity index (χ0n) is 7.17. The number of alkyl halides is 2. The van der Waals surface area contributed by atoms with Gasteiger partial charge in [-0.2, -0.15) is 0 Å². The summed E-state index contributed by atoms with van der Waals surface area (Å²) >= 11 is 0. The van der Waals surface area contributed by atoms with Gasteiger partial charge in [-0.1, -0.05) is 0 Å². The third-order valence-corrected chi connectivity index (χ3v) is 1.73. The highest BCUT2D eigenvalue weighted by molar-refractivity contribution is 5.85. The number of carbonyl (C=O) groups excluding carboxylic acids is 1. The summed E-state index contributed by atoms with van der Waals surface area (Å²) < 4.78 is 24.3. The third kappa shape index (κ3) is 3.12. The van der Waals surface area contributed by atoms with Crippen molar-refractivity contribution in [3.63, 3.8) is 0 Å². The van der Waals surface area contributed by atoms with Crippen molar-refractivity contribution >= 4 is 11.9 Å². The standard InChI is InChI=1S/C8H9F2NO3/c9-7(10)5(3-6(12)13)11-8(14)4-1-2-4/h3-4,7H,1-2H2,(H,11,14)(H,12,13)/b5-3+. The van der Waals surface area contributed by atoms with Gasteiger partial charge in [0.2, 0.25) is 5.91 Å². The summed E-state index contributed by atoms with van der Waals surface area (Å²) in [5, 5.41) is 10.1. The molecule has 2 N–H and O–H groups in total. The minimum absolute atomic E-state index is 0.231. The van der Waals surface area contributed by atoms with Gasteiger partial charge in [0, 0.05) is 12.0 Å². The van der Waals surface area contributed by atoms with E-state index in [1.54, 1.807) is 0 Å². The van der Waals surface area contributed by atoms with Gasteiger partial charge in [-0.25, -0.2) is 13.6 Å². The lowest BCUT2D eigenvalue weighted by atomic mass is 10.3. The first-order valence-corrected chi connectivity index (χ1v) is 4.04. The summed E-state index contributed by atoms with van der Waals surface area (Å²) in [4.78, 5) is 21.1. The smallest absolute Gasteiger partial charge is 0.330 e. The van der Waals surface area contributed by atoms with Crippen LogP contribution in [0, 0.1) is 5.92 Å². The molecule has 0 aliphatic heterocycles. The van der Waals surface area contributed by atoms with Gasteiger partial charge in [0.15, 0.2) is 0 Å². The number of carbonyl (C=O) groups is 2. The van der Waals surface area contributed by atoms with E-state index in [1.165, 1.54) is 0 Å². The van der Waals surface area contributed by atoms with Gasteiger partial charge in [-0.15, -0.1) is 0 Å². The van der Waals surface area contributed by atoms with Crippen LogP contribution in [0.5, 0.6) is 0 Å². The van der Waals surface area contributed by atoms with Crippen molar-refractivity contribution in [2.45, 2.75) is 19.3 Å². The minimum Gasteiger partial charge on any atom is -0.478 e. The Labute approximate surface area is 78.6 Å². The predicted octanol–water partition coefficient (Wildman–Crippen LogP) is 0.746. The largest absolute Gasteiger partial charge is 0.478 e. The molecule has 0 aromatic rings. The fourth-order valence-electron chi connectivity index (χ4n) is 0.877. The van der Waals surface area contributed by atoms with Crippen LogP contribution in [0.25, 0.3) is 0 Å². The van der Waals surface area contributed by atoms with E-state index >= 15 is 0 Å². The lowest BCUT2D eigenvalue weighted by Crippen LogP contribution is -2.28. The van der Waals surface area contributed by atoms with Gasteiger partial charge in [-0.05, 0) is 12.8 Å². The third-order valence-electron chi connectivity index (χ3n) is 1.73. The maximum atomic E-state index is 12.2. The maximum absolute atomic E-state index is 12.2. The van der Waals surface area contributed by atoms with Crippen LogP contribution in [0.4, 0.5) is 8.78 Å². The number of hydrogen-bond acceptors (Lipinski definition) is 2. The quantitative estimate of drug-likeness (QED) is 0.665. The second-order valence-electron chi connectivity index (χ2n) is 3.00. The van der Waals surface area contributed by atoms with Gasteiger partial charge < -0.3 is 10.4 Å². The van der Waals surface area contributed by atoms with Gasteiger partial charge >= 0.3 is 5.97 Å². The second kappa shape index (κ2) is 4.17. The molecule has 1 aliphatic rings. The van der Waals surface area contributed by atoms with Crippen molar-refractivity contribution in [3.8, 4) is 0 Å². The molecule has 1 rings (SSSR count). The monoisotopic (exact) mass is 205 g/mol. The first kappa shape index (κ1) is 10.6.